The second-order valence-corrected chi connectivity index (χ2v) is 19.8. The highest BCUT2D eigenvalue weighted by atomic mass is 31.2. The number of carbonyl (C=O) groups is 3. The van der Waals surface area contributed by atoms with Crippen molar-refractivity contribution in [2.75, 3.05) is 26.4 Å². The number of aliphatic hydroxyl groups is 1. The van der Waals surface area contributed by atoms with Crippen molar-refractivity contribution < 1.29 is 52.2 Å². The lowest BCUT2D eigenvalue weighted by atomic mass is 10.1. The van der Waals surface area contributed by atoms with Crippen LogP contribution in [0.5, 0.6) is 0 Å². The molecule has 70 heavy (non-hydrogen) atoms. The van der Waals surface area contributed by atoms with Crippen LogP contribution in [0.25, 0.3) is 0 Å². The topological polar surface area (TPSA) is 155 Å². The van der Waals surface area contributed by atoms with Gasteiger partial charge in [0.1, 0.15) is 12.7 Å². The van der Waals surface area contributed by atoms with Gasteiger partial charge in [-0.1, -0.05) is 190 Å². The molecule has 404 valence electrons. The third-order valence-corrected chi connectivity index (χ3v) is 12.5. The second-order valence-electron chi connectivity index (χ2n) is 18.4. The van der Waals surface area contributed by atoms with Crippen molar-refractivity contribution in [1.82, 2.24) is 0 Å². The SMILES string of the molecule is CC/C=C\C/C=C\C/C=C\C/C=C\CCCCCCCCC(=O)OC(COC(=O)CCCCCCC/C=C\CCCC)COP(=O)(O)OCC(CO)OC(=O)CCCCCCC/C=C\CCCCCC. The lowest BCUT2D eigenvalue weighted by Crippen LogP contribution is -2.30. The Kier molecular flexibility index (Phi) is 50.0. The van der Waals surface area contributed by atoms with Crippen LogP contribution in [-0.4, -0.2) is 66.5 Å². The first kappa shape index (κ1) is 66.9. The number of carbonyl (C=O) groups excluding carboxylic acids is 3. The number of hydrogen-bond acceptors (Lipinski definition) is 10. The first-order chi connectivity index (χ1) is 34.2. The molecular weight excluding hydrogens is 904 g/mol. The second kappa shape index (κ2) is 52.2. The maximum Gasteiger partial charge on any atom is 0.472 e. The zero-order chi connectivity index (χ0) is 51.3. The van der Waals surface area contributed by atoms with Gasteiger partial charge in [0.15, 0.2) is 6.10 Å². The van der Waals surface area contributed by atoms with Crippen LogP contribution in [0.15, 0.2) is 72.9 Å². The Labute approximate surface area is 427 Å². The summed E-state index contributed by atoms with van der Waals surface area (Å²) in [6, 6.07) is 0. The number of ether oxygens (including phenoxy) is 3. The Hall–Kier alpha value is -3.08. The van der Waals surface area contributed by atoms with Gasteiger partial charge < -0.3 is 24.2 Å². The van der Waals surface area contributed by atoms with Crippen molar-refractivity contribution in [3.8, 4) is 0 Å². The number of aliphatic hydroxyl groups excluding tert-OH is 1. The molecule has 0 aromatic heterocycles. The predicted molar refractivity (Wildman–Crippen MR) is 288 cm³/mol. The van der Waals surface area contributed by atoms with Crippen LogP contribution in [0.4, 0.5) is 0 Å². The smallest absolute Gasteiger partial charge is 0.462 e. The summed E-state index contributed by atoms with van der Waals surface area (Å²) < 4.78 is 39.4. The number of phosphoric ester groups is 1. The molecule has 3 atom stereocenters. The summed E-state index contributed by atoms with van der Waals surface area (Å²) in [5.74, 6) is -1.50. The van der Waals surface area contributed by atoms with E-state index in [1.807, 2.05) is 0 Å². The van der Waals surface area contributed by atoms with Gasteiger partial charge in [-0.05, 0) is 103 Å². The minimum absolute atomic E-state index is 0.147. The normalized spacial score (nSPS) is 14.0. The molecular formula is C58H101O11P. The van der Waals surface area contributed by atoms with Gasteiger partial charge in [0, 0.05) is 19.3 Å². The van der Waals surface area contributed by atoms with Crippen LogP contribution in [0.2, 0.25) is 0 Å². The number of esters is 3. The van der Waals surface area contributed by atoms with E-state index in [-0.39, 0.29) is 25.9 Å². The van der Waals surface area contributed by atoms with E-state index in [1.54, 1.807) is 0 Å². The molecule has 0 radical (unpaired) electrons. The van der Waals surface area contributed by atoms with Crippen molar-refractivity contribution in [3.05, 3.63) is 72.9 Å². The van der Waals surface area contributed by atoms with Gasteiger partial charge in [-0.2, -0.15) is 0 Å². The molecule has 0 rings (SSSR count). The van der Waals surface area contributed by atoms with E-state index >= 15 is 0 Å². The van der Waals surface area contributed by atoms with Crippen LogP contribution in [0.1, 0.15) is 239 Å². The fourth-order valence-electron chi connectivity index (χ4n) is 7.32. The molecule has 0 aromatic carbocycles. The predicted octanol–water partition coefficient (Wildman–Crippen LogP) is 16.1. The van der Waals surface area contributed by atoms with Crippen LogP contribution in [-0.2, 0) is 42.2 Å². The highest BCUT2D eigenvalue weighted by Crippen LogP contribution is 2.43. The average Bonchev–Trinajstić information content (AvgIpc) is 3.35. The van der Waals surface area contributed by atoms with E-state index in [9.17, 15) is 28.9 Å². The van der Waals surface area contributed by atoms with Crippen LogP contribution >= 0.6 is 7.82 Å². The van der Waals surface area contributed by atoms with E-state index in [1.165, 1.54) is 38.5 Å². The van der Waals surface area contributed by atoms with Crippen molar-refractivity contribution in [1.29, 1.82) is 0 Å². The molecule has 11 nitrogen and oxygen atoms in total. The number of hydrogen-bond donors (Lipinski definition) is 2. The van der Waals surface area contributed by atoms with E-state index in [0.29, 0.717) is 19.3 Å². The Morgan fingerprint density at radius 2 is 0.757 bits per heavy atom. The fourth-order valence-corrected chi connectivity index (χ4v) is 8.11. The Bertz CT molecular complexity index is 1450. The Morgan fingerprint density at radius 1 is 0.414 bits per heavy atom. The first-order valence-electron chi connectivity index (χ1n) is 27.8. The number of unbranched alkanes of at least 4 members (excludes halogenated alkanes) is 22. The summed E-state index contributed by atoms with van der Waals surface area (Å²) >= 11 is 0. The molecule has 0 amide bonds. The molecule has 0 aliphatic carbocycles. The first-order valence-corrected chi connectivity index (χ1v) is 29.3. The zero-order valence-electron chi connectivity index (χ0n) is 44.5. The molecule has 2 N–H and O–H groups in total. The minimum atomic E-state index is -4.75. The van der Waals surface area contributed by atoms with Crippen LogP contribution in [0, 0.1) is 0 Å². The summed E-state index contributed by atoms with van der Waals surface area (Å²) in [7, 11) is -4.75. The van der Waals surface area contributed by atoms with Crippen LogP contribution in [0.3, 0.4) is 0 Å². The van der Waals surface area contributed by atoms with Crippen molar-refractivity contribution in [3.63, 3.8) is 0 Å². The van der Waals surface area contributed by atoms with Gasteiger partial charge >= 0.3 is 25.7 Å². The Balaban J connectivity index is 4.74. The Morgan fingerprint density at radius 3 is 1.20 bits per heavy atom. The third-order valence-electron chi connectivity index (χ3n) is 11.6. The average molecular weight is 1010 g/mol. The standard InChI is InChI=1S/C58H101O11P/c1-4-7-10-13-16-19-22-24-25-26-27-28-29-31-34-37-40-43-46-49-58(62)69-55(51-65-56(60)47-44-41-38-35-32-21-18-15-12-9-6-3)53-67-70(63,64)66-52-54(50-59)68-57(61)48-45-42-39-36-33-30-23-20-17-14-11-8-5-2/h7,10,15-16,18-20,23-25,27-28,54-55,59H,4-6,8-9,11-14,17,21-22,26,29-53H2,1-3H3,(H,63,64)/b10-7-,18-15-,19-16-,23-20-,25-24-,28-27-. The quantitative estimate of drug-likeness (QED) is 0.0197. The highest BCUT2D eigenvalue weighted by Gasteiger charge is 2.28. The maximum absolute atomic E-state index is 12.9. The van der Waals surface area contributed by atoms with Gasteiger partial charge in [0.05, 0.1) is 19.8 Å². The van der Waals surface area contributed by atoms with Gasteiger partial charge in [-0.3, -0.25) is 23.4 Å². The molecule has 0 spiro atoms. The molecule has 0 fully saturated rings. The fraction of sp³-hybridized carbons (Fsp3) is 0.741. The monoisotopic (exact) mass is 1000 g/mol. The lowest BCUT2D eigenvalue weighted by Gasteiger charge is -2.21. The number of rotatable bonds is 51. The molecule has 0 bridgehead atoms. The number of allylic oxidation sites excluding steroid dienone is 12. The lowest BCUT2D eigenvalue weighted by molar-refractivity contribution is -0.161. The van der Waals surface area contributed by atoms with Crippen molar-refractivity contribution in [2.24, 2.45) is 0 Å². The van der Waals surface area contributed by atoms with Gasteiger partial charge in [0.2, 0.25) is 0 Å². The van der Waals surface area contributed by atoms with Gasteiger partial charge in [-0.25, -0.2) is 4.57 Å². The molecule has 3 unspecified atom stereocenters. The van der Waals surface area contributed by atoms with Crippen molar-refractivity contribution in [2.45, 2.75) is 251 Å². The summed E-state index contributed by atoms with van der Waals surface area (Å²) in [4.78, 5) is 48.4. The summed E-state index contributed by atoms with van der Waals surface area (Å²) in [6.45, 7) is 4.44. The molecule has 12 heteroatoms. The molecule has 0 aliphatic rings. The zero-order valence-corrected chi connectivity index (χ0v) is 45.4. The van der Waals surface area contributed by atoms with Crippen molar-refractivity contribution >= 4 is 25.7 Å². The maximum atomic E-state index is 12.9. The molecule has 0 aromatic rings. The summed E-state index contributed by atoms with van der Waals surface area (Å²) in [5, 5.41) is 9.79. The van der Waals surface area contributed by atoms with E-state index in [4.69, 9.17) is 23.3 Å². The summed E-state index contributed by atoms with van der Waals surface area (Å²) in [6.07, 6.45) is 57.2. The number of phosphoric acid groups is 1. The van der Waals surface area contributed by atoms with E-state index in [0.717, 1.165) is 141 Å². The third kappa shape index (κ3) is 49.9. The van der Waals surface area contributed by atoms with E-state index < -0.39 is 57.8 Å². The molecule has 0 saturated heterocycles. The minimum Gasteiger partial charge on any atom is -0.462 e. The molecule has 0 aliphatic heterocycles. The van der Waals surface area contributed by atoms with Gasteiger partial charge in [-0.15, -0.1) is 0 Å². The molecule has 0 saturated carbocycles. The largest absolute Gasteiger partial charge is 0.472 e. The van der Waals surface area contributed by atoms with Crippen LogP contribution < -0.4 is 0 Å². The summed E-state index contributed by atoms with van der Waals surface area (Å²) in [5.41, 5.74) is 0. The van der Waals surface area contributed by atoms with E-state index in [2.05, 4.69) is 93.7 Å². The highest BCUT2D eigenvalue weighted by molar-refractivity contribution is 7.47. The molecule has 0 heterocycles. The van der Waals surface area contributed by atoms with Gasteiger partial charge in [0.25, 0.3) is 0 Å².